The van der Waals surface area contributed by atoms with Crippen molar-refractivity contribution in [2.24, 2.45) is 29.4 Å². The number of allylic oxidation sites excluding steroid dienone is 2. The van der Waals surface area contributed by atoms with Gasteiger partial charge >= 0.3 is 5.97 Å². The van der Waals surface area contributed by atoms with Crippen LogP contribution in [0.25, 0.3) is 0 Å². The van der Waals surface area contributed by atoms with Crippen molar-refractivity contribution in [1.82, 2.24) is 0 Å². The molecule has 2 aromatic rings. The number of benzene rings is 2. The molecule has 0 aromatic heterocycles. The lowest BCUT2D eigenvalue weighted by atomic mass is 9.78. The van der Waals surface area contributed by atoms with E-state index in [1.165, 1.54) is 62.5 Å². The molecule has 3 atom stereocenters. The smallest absolute Gasteiger partial charge is 0.303 e. The van der Waals surface area contributed by atoms with Crippen LogP contribution in [0, 0.1) is 23.7 Å². The lowest BCUT2D eigenvalue weighted by Crippen LogP contribution is -2.23. The summed E-state index contributed by atoms with van der Waals surface area (Å²) in [6.07, 6.45) is 23.2. The van der Waals surface area contributed by atoms with Crippen molar-refractivity contribution >= 4 is 5.97 Å². The number of rotatable bonds is 19. The number of carbonyl (C=O) groups is 1. The minimum atomic E-state index is -0.684. The topological polar surface area (TPSA) is 63.3 Å². The molecular weight excluding hydrogens is 478 g/mol. The van der Waals surface area contributed by atoms with Crippen molar-refractivity contribution in [2.75, 3.05) is 6.54 Å². The average molecular weight is 532 g/mol. The number of hydrogen-bond donors (Lipinski definition) is 2. The molecule has 0 spiro atoms. The van der Waals surface area contributed by atoms with E-state index in [2.05, 4.69) is 66.7 Å². The monoisotopic (exact) mass is 531 g/mol. The number of carboxylic acid groups (broad SMARTS) is 1. The molecule has 214 valence electrons. The second-order valence-corrected chi connectivity index (χ2v) is 12.0. The molecule has 1 aliphatic rings. The number of hydrogen-bond acceptors (Lipinski definition) is 2. The molecule has 0 radical (unpaired) electrons. The highest BCUT2D eigenvalue weighted by Crippen LogP contribution is 2.32. The van der Waals surface area contributed by atoms with E-state index in [4.69, 9.17) is 5.73 Å². The minimum Gasteiger partial charge on any atom is -0.481 e. The molecule has 3 rings (SSSR count). The first-order valence-electron chi connectivity index (χ1n) is 15.8. The maximum atomic E-state index is 11.8. The van der Waals surface area contributed by atoms with Crippen LogP contribution in [0.5, 0.6) is 0 Å². The summed E-state index contributed by atoms with van der Waals surface area (Å²) < 4.78 is 0. The van der Waals surface area contributed by atoms with Gasteiger partial charge in [-0.2, -0.15) is 0 Å². The van der Waals surface area contributed by atoms with Crippen molar-refractivity contribution in [1.29, 1.82) is 0 Å². The molecule has 3 heteroatoms. The number of carboxylic acids is 1. The van der Waals surface area contributed by atoms with E-state index in [9.17, 15) is 9.90 Å². The zero-order valence-electron chi connectivity index (χ0n) is 24.2. The van der Waals surface area contributed by atoms with Crippen LogP contribution in [-0.2, 0) is 17.6 Å². The predicted molar refractivity (Wildman–Crippen MR) is 165 cm³/mol. The summed E-state index contributed by atoms with van der Waals surface area (Å²) >= 11 is 0. The second kappa shape index (κ2) is 18.8. The molecule has 1 saturated carbocycles. The Morgan fingerprint density at radius 3 is 2.05 bits per heavy atom. The Morgan fingerprint density at radius 1 is 0.795 bits per heavy atom. The highest BCUT2D eigenvalue weighted by Gasteiger charge is 2.24. The molecule has 3 N–H and O–H groups in total. The third kappa shape index (κ3) is 13.0. The van der Waals surface area contributed by atoms with Gasteiger partial charge in [-0.15, -0.1) is 0 Å². The molecule has 3 nitrogen and oxygen atoms in total. The van der Waals surface area contributed by atoms with Crippen molar-refractivity contribution in [3.05, 3.63) is 83.9 Å². The molecule has 39 heavy (non-hydrogen) atoms. The fourth-order valence-corrected chi connectivity index (χ4v) is 6.61. The van der Waals surface area contributed by atoms with E-state index < -0.39 is 5.97 Å². The summed E-state index contributed by atoms with van der Waals surface area (Å²) in [5, 5.41) is 9.71. The maximum Gasteiger partial charge on any atom is 0.303 e. The third-order valence-electron chi connectivity index (χ3n) is 9.02. The Bertz CT molecular complexity index is 920. The summed E-state index contributed by atoms with van der Waals surface area (Å²) in [6, 6.07) is 21.3. The minimum absolute atomic E-state index is 0.173. The normalized spacial score (nSPS) is 16.7. The predicted octanol–water partition coefficient (Wildman–Crippen LogP) is 9.01. The first kappa shape index (κ1) is 31.1. The first-order valence-corrected chi connectivity index (χ1v) is 15.8. The Morgan fingerprint density at radius 2 is 1.44 bits per heavy atom. The van der Waals surface area contributed by atoms with Crippen LogP contribution in [0.3, 0.4) is 0 Å². The molecule has 2 aromatic carbocycles. The maximum absolute atomic E-state index is 11.8. The van der Waals surface area contributed by atoms with Gasteiger partial charge in [0.1, 0.15) is 0 Å². The van der Waals surface area contributed by atoms with E-state index in [1.54, 1.807) is 0 Å². The summed E-state index contributed by atoms with van der Waals surface area (Å²) in [4.78, 5) is 11.8. The van der Waals surface area contributed by atoms with E-state index in [0.29, 0.717) is 18.4 Å². The van der Waals surface area contributed by atoms with Crippen molar-refractivity contribution < 1.29 is 9.90 Å². The number of aliphatic carboxylic acids is 1. The number of nitrogens with two attached hydrogens (primary N) is 1. The van der Waals surface area contributed by atoms with Gasteiger partial charge < -0.3 is 10.8 Å². The van der Waals surface area contributed by atoms with Gasteiger partial charge in [-0.3, -0.25) is 4.79 Å². The van der Waals surface area contributed by atoms with Gasteiger partial charge in [-0.05, 0) is 106 Å². The average Bonchev–Trinajstić information content (AvgIpc) is 2.97. The Kier molecular flexibility index (Phi) is 15.0. The summed E-state index contributed by atoms with van der Waals surface area (Å²) in [7, 11) is 0. The standard InChI is InChI=1S/C36H53NO2/c37-28-27-34(35(29-36(38)39)26-24-32-18-10-4-11-19-32)25-23-33(22-21-31-16-8-3-9-17-31)20-12-2-7-15-30-13-5-1-6-14-30/h2-4,8-12,16-19,30,33-35H,1,5-7,13-15,20-29,37H2,(H,38,39)/b12-2-/t33-,34-,35+/m0/s1. The summed E-state index contributed by atoms with van der Waals surface area (Å²) in [5.74, 6) is 1.42. The number of aryl methyl sites for hydroxylation is 2. The third-order valence-corrected chi connectivity index (χ3v) is 9.02. The van der Waals surface area contributed by atoms with Gasteiger partial charge in [0, 0.05) is 6.42 Å². The van der Waals surface area contributed by atoms with Gasteiger partial charge in [0.15, 0.2) is 0 Å². The molecule has 0 unspecified atom stereocenters. The summed E-state index contributed by atoms with van der Waals surface area (Å²) in [5.41, 5.74) is 8.76. The molecule has 1 fully saturated rings. The quantitative estimate of drug-likeness (QED) is 0.178. The Hall–Kier alpha value is -2.39. The SMILES string of the molecule is NCC[C@H](CC[C@@H](C/C=C\CCC1CCCCC1)CCc1ccccc1)[C@H](CCc1ccccc1)CC(=O)O. The van der Waals surface area contributed by atoms with Gasteiger partial charge in [0.2, 0.25) is 0 Å². The first-order chi connectivity index (χ1) is 19.1. The fourth-order valence-electron chi connectivity index (χ4n) is 6.61. The Balaban J connectivity index is 1.57. The van der Waals surface area contributed by atoms with Crippen LogP contribution in [0.1, 0.15) is 101 Å². The van der Waals surface area contributed by atoms with Gasteiger partial charge in [-0.25, -0.2) is 0 Å². The second-order valence-electron chi connectivity index (χ2n) is 12.0. The lowest BCUT2D eigenvalue weighted by molar-refractivity contribution is -0.138. The van der Waals surface area contributed by atoms with Gasteiger partial charge in [0.05, 0.1) is 0 Å². The van der Waals surface area contributed by atoms with Crippen LogP contribution < -0.4 is 5.73 Å². The lowest BCUT2D eigenvalue weighted by Gasteiger charge is -2.28. The molecular formula is C36H53NO2. The van der Waals surface area contributed by atoms with E-state index >= 15 is 0 Å². The highest BCUT2D eigenvalue weighted by molar-refractivity contribution is 5.67. The van der Waals surface area contributed by atoms with Crippen LogP contribution in [0.4, 0.5) is 0 Å². The van der Waals surface area contributed by atoms with Crippen LogP contribution in [-0.4, -0.2) is 17.6 Å². The van der Waals surface area contributed by atoms with Crippen molar-refractivity contribution in [2.45, 2.75) is 103 Å². The van der Waals surface area contributed by atoms with E-state index in [-0.39, 0.29) is 12.3 Å². The molecule has 0 aliphatic heterocycles. The van der Waals surface area contributed by atoms with E-state index in [0.717, 1.165) is 50.9 Å². The largest absolute Gasteiger partial charge is 0.481 e. The molecule has 0 bridgehead atoms. The van der Waals surface area contributed by atoms with Crippen LogP contribution in [0.15, 0.2) is 72.8 Å². The molecule has 0 heterocycles. The molecule has 1 aliphatic carbocycles. The van der Waals surface area contributed by atoms with Crippen LogP contribution >= 0.6 is 0 Å². The van der Waals surface area contributed by atoms with Crippen molar-refractivity contribution in [3.8, 4) is 0 Å². The fraction of sp³-hybridized carbons (Fsp3) is 0.583. The van der Waals surface area contributed by atoms with E-state index in [1.807, 2.05) is 6.07 Å². The summed E-state index contributed by atoms with van der Waals surface area (Å²) in [6.45, 7) is 0.627. The zero-order valence-corrected chi connectivity index (χ0v) is 24.2. The molecule has 0 amide bonds. The van der Waals surface area contributed by atoms with Gasteiger partial charge in [0.25, 0.3) is 0 Å². The zero-order chi connectivity index (χ0) is 27.5. The van der Waals surface area contributed by atoms with Gasteiger partial charge in [-0.1, -0.05) is 105 Å². The highest BCUT2D eigenvalue weighted by atomic mass is 16.4. The van der Waals surface area contributed by atoms with Crippen LogP contribution in [0.2, 0.25) is 0 Å². The Labute approximate surface area is 238 Å². The molecule has 0 saturated heterocycles. The van der Waals surface area contributed by atoms with Crippen molar-refractivity contribution in [3.63, 3.8) is 0 Å².